The van der Waals surface area contributed by atoms with Crippen molar-refractivity contribution < 1.29 is 9.21 Å². The van der Waals surface area contributed by atoms with Gasteiger partial charge in [0, 0.05) is 17.3 Å². The van der Waals surface area contributed by atoms with Crippen molar-refractivity contribution in [1.82, 2.24) is 14.5 Å². The first-order valence-electron chi connectivity index (χ1n) is 6.63. The molecule has 23 heavy (non-hydrogen) atoms. The summed E-state index contributed by atoms with van der Waals surface area (Å²) < 4.78 is 6.03. The summed E-state index contributed by atoms with van der Waals surface area (Å²) >= 11 is 1.29. The van der Waals surface area contributed by atoms with Gasteiger partial charge in [-0.2, -0.15) is 0 Å². The van der Waals surface area contributed by atoms with Crippen molar-refractivity contribution in [1.29, 1.82) is 0 Å². The number of aromatic nitrogens is 3. The van der Waals surface area contributed by atoms with Crippen molar-refractivity contribution in [2.24, 2.45) is 0 Å². The third-order valence-corrected chi connectivity index (χ3v) is 3.87. The van der Waals surface area contributed by atoms with Crippen LogP contribution in [0, 0.1) is 6.92 Å². The van der Waals surface area contributed by atoms with Crippen molar-refractivity contribution in [3.05, 3.63) is 67.8 Å². The molecule has 0 saturated heterocycles. The number of H-pyrrole nitrogens is 1. The molecule has 0 bridgehead atoms. The highest BCUT2D eigenvalue weighted by Crippen LogP contribution is 2.16. The Hall–Kier alpha value is -2.94. The molecule has 0 aromatic carbocycles. The first kappa shape index (κ1) is 15.0. The quantitative estimate of drug-likeness (QED) is 0.746. The number of carbonyl (C=O) groups excluding carboxylic acids is 1. The molecule has 3 aromatic rings. The third kappa shape index (κ3) is 3.14. The van der Waals surface area contributed by atoms with Crippen LogP contribution in [-0.2, 0) is 6.54 Å². The molecule has 0 radical (unpaired) electrons. The maximum atomic E-state index is 12.4. The van der Waals surface area contributed by atoms with Crippen molar-refractivity contribution in [2.45, 2.75) is 13.5 Å². The van der Waals surface area contributed by atoms with E-state index >= 15 is 0 Å². The molecule has 0 spiro atoms. The predicted molar refractivity (Wildman–Crippen MR) is 83.9 cm³/mol. The van der Waals surface area contributed by atoms with E-state index in [9.17, 15) is 14.4 Å². The molecule has 3 rings (SSSR count). The first-order chi connectivity index (χ1) is 11.0. The Morgan fingerprint density at radius 3 is 2.96 bits per heavy atom. The minimum absolute atomic E-state index is 0.0569. The largest absolute Gasteiger partial charge is 0.467 e. The standard InChI is InChI=1S/C14H12N4O4S/c1-8-5-15-13(23-8)17-11(19)10-6-16-14(21)18(12(10)20)7-9-3-2-4-22-9/h2-6H,7H2,1H3,(H,16,21)(H,15,17,19). The molecular weight excluding hydrogens is 320 g/mol. The van der Waals surface area contributed by atoms with Crippen molar-refractivity contribution in [2.75, 3.05) is 5.32 Å². The van der Waals surface area contributed by atoms with Crippen LogP contribution in [0.1, 0.15) is 21.0 Å². The molecule has 9 heteroatoms. The summed E-state index contributed by atoms with van der Waals surface area (Å²) in [7, 11) is 0. The lowest BCUT2D eigenvalue weighted by molar-refractivity contribution is 0.102. The molecule has 0 aliphatic rings. The Kier molecular flexibility index (Phi) is 3.94. The summed E-state index contributed by atoms with van der Waals surface area (Å²) in [6, 6.07) is 3.28. The van der Waals surface area contributed by atoms with Gasteiger partial charge in [0.15, 0.2) is 5.13 Å². The van der Waals surface area contributed by atoms with Gasteiger partial charge in [0.05, 0.1) is 12.8 Å². The molecule has 2 N–H and O–H groups in total. The number of hydrogen-bond donors (Lipinski definition) is 2. The minimum Gasteiger partial charge on any atom is -0.467 e. The maximum absolute atomic E-state index is 12.4. The Morgan fingerprint density at radius 2 is 2.30 bits per heavy atom. The number of aryl methyl sites for hydroxylation is 1. The average Bonchev–Trinajstić information content (AvgIpc) is 3.15. The fourth-order valence-corrected chi connectivity index (χ4v) is 2.61. The van der Waals surface area contributed by atoms with Gasteiger partial charge in [0.25, 0.3) is 11.5 Å². The lowest BCUT2D eigenvalue weighted by Gasteiger charge is -2.05. The van der Waals surface area contributed by atoms with Crippen molar-refractivity contribution in [3.63, 3.8) is 0 Å². The monoisotopic (exact) mass is 332 g/mol. The fourth-order valence-electron chi connectivity index (χ4n) is 1.95. The number of hydrogen-bond acceptors (Lipinski definition) is 6. The molecule has 1 amide bonds. The highest BCUT2D eigenvalue weighted by atomic mass is 32.1. The Bertz CT molecular complexity index is 952. The maximum Gasteiger partial charge on any atom is 0.328 e. The second kappa shape index (κ2) is 6.05. The van der Waals surface area contributed by atoms with Gasteiger partial charge in [-0.3, -0.25) is 19.5 Å². The van der Waals surface area contributed by atoms with E-state index < -0.39 is 17.2 Å². The zero-order valence-corrected chi connectivity index (χ0v) is 12.8. The summed E-state index contributed by atoms with van der Waals surface area (Å²) in [6.45, 7) is 1.79. The van der Waals surface area contributed by atoms with Gasteiger partial charge in [0.1, 0.15) is 11.3 Å². The normalized spacial score (nSPS) is 10.7. The van der Waals surface area contributed by atoms with E-state index in [0.717, 1.165) is 15.6 Å². The zero-order chi connectivity index (χ0) is 16.4. The molecule has 0 fully saturated rings. The van der Waals surface area contributed by atoms with Gasteiger partial charge in [-0.15, -0.1) is 11.3 Å². The van der Waals surface area contributed by atoms with Crippen molar-refractivity contribution in [3.8, 4) is 0 Å². The van der Waals surface area contributed by atoms with Gasteiger partial charge in [-0.25, -0.2) is 9.78 Å². The van der Waals surface area contributed by atoms with Gasteiger partial charge in [-0.05, 0) is 19.1 Å². The number of furan rings is 1. The Balaban J connectivity index is 1.92. The minimum atomic E-state index is -0.698. The molecule has 0 aliphatic carbocycles. The molecule has 118 valence electrons. The van der Waals surface area contributed by atoms with E-state index in [2.05, 4.69) is 15.3 Å². The van der Waals surface area contributed by atoms with E-state index in [0.29, 0.717) is 10.9 Å². The van der Waals surface area contributed by atoms with Gasteiger partial charge < -0.3 is 9.40 Å². The number of aromatic amines is 1. The zero-order valence-electron chi connectivity index (χ0n) is 12.0. The van der Waals surface area contributed by atoms with Crippen LogP contribution < -0.4 is 16.6 Å². The smallest absolute Gasteiger partial charge is 0.328 e. The summed E-state index contributed by atoms with van der Waals surface area (Å²) in [5.74, 6) is -0.195. The van der Waals surface area contributed by atoms with Crippen LogP contribution in [0.2, 0.25) is 0 Å². The van der Waals surface area contributed by atoms with Crippen LogP contribution in [0.4, 0.5) is 5.13 Å². The second-order valence-corrected chi connectivity index (χ2v) is 5.94. The van der Waals surface area contributed by atoms with Crippen LogP contribution in [0.3, 0.4) is 0 Å². The molecule has 0 saturated carbocycles. The number of carbonyl (C=O) groups is 1. The highest BCUT2D eigenvalue weighted by molar-refractivity contribution is 7.15. The van der Waals surface area contributed by atoms with Gasteiger partial charge in [-0.1, -0.05) is 0 Å². The molecule has 8 nitrogen and oxygen atoms in total. The van der Waals surface area contributed by atoms with E-state index in [1.54, 1.807) is 18.3 Å². The lowest BCUT2D eigenvalue weighted by atomic mass is 10.3. The second-order valence-electron chi connectivity index (χ2n) is 4.71. The van der Waals surface area contributed by atoms with Crippen LogP contribution in [0.25, 0.3) is 0 Å². The molecule has 0 aliphatic heterocycles. The molecule has 0 atom stereocenters. The molecule has 0 unspecified atom stereocenters. The van der Waals surface area contributed by atoms with Gasteiger partial charge in [0.2, 0.25) is 0 Å². The number of nitrogens with zero attached hydrogens (tertiary/aromatic N) is 2. The first-order valence-corrected chi connectivity index (χ1v) is 7.45. The summed E-state index contributed by atoms with van der Waals surface area (Å²) in [4.78, 5) is 43.7. The van der Waals surface area contributed by atoms with E-state index in [4.69, 9.17) is 4.42 Å². The number of thiazole rings is 1. The number of anilines is 1. The fraction of sp³-hybridized carbons (Fsp3) is 0.143. The number of amides is 1. The number of rotatable bonds is 4. The van der Waals surface area contributed by atoms with E-state index in [-0.39, 0.29) is 12.1 Å². The Labute approximate surface area is 133 Å². The summed E-state index contributed by atoms with van der Waals surface area (Å²) in [6.07, 6.45) is 4.15. The average molecular weight is 332 g/mol. The van der Waals surface area contributed by atoms with Crippen LogP contribution in [0.5, 0.6) is 0 Å². The molecule has 3 aromatic heterocycles. The van der Waals surface area contributed by atoms with Crippen LogP contribution >= 0.6 is 11.3 Å². The Morgan fingerprint density at radius 1 is 1.48 bits per heavy atom. The van der Waals surface area contributed by atoms with Crippen LogP contribution in [-0.4, -0.2) is 20.4 Å². The number of nitrogens with one attached hydrogen (secondary N) is 2. The molecular formula is C14H12N4O4S. The lowest BCUT2D eigenvalue weighted by Crippen LogP contribution is -2.39. The highest BCUT2D eigenvalue weighted by Gasteiger charge is 2.16. The third-order valence-electron chi connectivity index (χ3n) is 3.04. The molecule has 3 heterocycles. The topological polar surface area (TPSA) is 110 Å². The van der Waals surface area contributed by atoms with E-state index in [1.165, 1.54) is 17.6 Å². The summed E-state index contributed by atoms with van der Waals surface area (Å²) in [5.41, 5.74) is -1.49. The SMILES string of the molecule is Cc1cnc(NC(=O)c2c[nH]c(=O)n(Cc3ccco3)c2=O)s1. The predicted octanol–water partition coefficient (Wildman–Crippen LogP) is 1.20. The van der Waals surface area contributed by atoms with Crippen molar-refractivity contribution >= 4 is 22.4 Å². The van der Waals surface area contributed by atoms with E-state index in [1.807, 2.05) is 6.92 Å². The van der Waals surface area contributed by atoms with Gasteiger partial charge >= 0.3 is 5.69 Å². The summed E-state index contributed by atoms with van der Waals surface area (Å²) in [5, 5.41) is 2.92. The van der Waals surface area contributed by atoms with Crippen LogP contribution in [0.15, 0.2) is 44.8 Å².